The van der Waals surface area contributed by atoms with Crippen LogP contribution < -0.4 is 5.32 Å². The fourth-order valence-electron chi connectivity index (χ4n) is 2.22. The Labute approximate surface area is 105 Å². The van der Waals surface area contributed by atoms with Gasteiger partial charge in [-0.15, -0.1) is 0 Å². The van der Waals surface area contributed by atoms with E-state index in [1.807, 2.05) is 24.3 Å². The van der Waals surface area contributed by atoms with Crippen LogP contribution in [0.15, 0.2) is 28.7 Å². The fourth-order valence-corrected chi connectivity index (χ4v) is 2.48. The first kappa shape index (κ1) is 12.1. The van der Waals surface area contributed by atoms with E-state index in [2.05, 4.69) is 21.2 Å². The molecule has 0 spiro atoms. The van der Waals surface area contributed by atoms with Crippen LogP contribution in [0.3, 0.4) is 0 Å². The van der Waals surface area contributed by atoms with Crippen molar-refractivity contribution in [1.82, 2.24) is 5.32 Å². The molecule has 1 heterocycles. The van der Waals surface area contributed by atoms with E-state index in [0.29, 0.717) is 12.3 Å². The molecule has 0 aliphatic carbocycles. The monoisotopic (exact) mass is 285 g/mol. The smallest absolute Gasteiger partial charge is 0.125 e. The molecule has 1 aromatic carbocycles. The normalized spacial score (nSPS) is 19.6. The number of rotatable bonds is 3. The van der Waals surface area contributed by atoms with Crippen molar-refractivity contribution in [2.45, 2.75) is 25.4 Å². The number of halogens is 2. The Morgan fingerprint density at radius 2 is 1.88 bits per heavy atom. The second-order valence-electron chi connectivity index (χ2n) is 4.45. The van der Waals surface area contributed by atoms with Crippen LogP contribution in [0.4, 0.5) is 4.39 Å². The highest BCUT2D eigenvalue weighted by Crippen LogP contribution is 2.29. The van der Waals surface area contributed by atoms with Crippen molar-refractivity contribution >= 4 is 15.9 Å². The van der Waals surface area contributed by atoms with Crippen LogP contribution in [-0.2, 0) is 0 Å². The minimum Gasteiger partial charge on any atom is -0.317 e. The van der Waals surface area contributed by atoms with Crippen molar-refractivity contribution in [2.24, 2.45) is 5.92 Å². The summed E-state index contributed by atoms with van der Waals surface area (Å²) in [6.45, 7) is 2.08. The van der Waals surface area contributed by atoms with Crippen molar-refractivity contribution in [3.05, 3.63) is 34.3 Å². The first-order chi connectivity index (χ1) is 7.75. The molecule has 1 saturated heterocycles. The van der Waals surface area contributed by atoms with E-state index in [0.717, 1.165) is 36.0 Å². The van der Waals surface area contributed by atoms with Gasteiger partial charge in [-0.05, 0) is 56.0 Å². The number of piperidine rings is 1. The quantitative estimate of drug-likeness (QED) is 0.890. The van der Waals surface area contributed by atoms with Gasteiger partial charge in [0.25, 0.3) is 0 Å². The lowest BCUT2D eigenvalue weighted by Gasteiger charge is -2.24. The molecule has 0 bridgehead atoms. The molecule has 1 aliphatic heterocycles. The van der Waals surface area contributed by atoms with E-state index >= 15 is 0 Å². The molecule has 3 heteroatoms. The van der Waals surface area contributed by atoms with Crippen molar-refractivity contribution in [1.29, 1.82) is 0 Å². The van der Waals surface area contributed by atoms with Gasteiger partial charge < -0.3 is 5.32 Å². The SMILES string of the molecule is FC(CC1CCNCC1)c1ccc(Br)cc1. The molecule has 1 atom stereocenters. The Morgan fingerprint density at radius 1 is 1.25 bits per heavy atom. The lowest BCUT2D eigenvalue weighted by atomic mass is 9.90. The van der Waals surface area contributed by atoms with Gasteiger partial charge in [-0.25, -0.2) is 4.39 Å². The molecule has 1 aromatic rings. The number of hydrogen-bond acceptors (Lipinski definition) is 1. The van der Waals surface area contributed by atoms with Crippen LogP contribution in [0.2, 0.25) is 0 Å². The topological polar surface area (TPSA) is 12.0 Å². The molecule has 1 N–H and O–H groups in total. The Hall–Kier alpha value is -0.410. The fraction of sp³-hybridized carbons (Fsp3) is 0.538. The third-order valence-corrected chi connectivity index (χ3v) is 3.76. The Morgan fingerprint density at radius 3 is 2.50 bits per heavy atom. The molecule has 1 nitrogen and oxygen atoms in total. The summed E-state index contributed by atoms with van der Waals surface area (Å²) in [6.07, 6.45) is 2.08. The predicted molar refractivity (Wildman–Crippen MR) is 68.2 cm³/mol. The van der Waals surface area contributed by atoms with E-state index in [1.165, 1.54) is 0 Å². The number of benzene rings is 1. The van der Waals surface area contributed by atoms with Gasteiger partial charge >= 0.3 is 0 Å². The average molecular weight is 286 g/mol. The second kappa shape index (κ2) is 5.78. The van der Waals surface area contributed by atoms with Crippen molar-refractivity contribution in [3.63, 3.8) is 0 Å². The molecule has 1 fully saturated rings. The summed E-state index contributed by atoms with van der Waals surface area (Å²) in [7, 11) is 0. The molecular weight excluding hydrogens is 269 g/mol. The summed E-state index contributed by atoms with van der Waals surface area (Å²) < 4.78 is 15.0. The minimum atomic E-state index is -0.809. The maximum atomic E-state index is 14.0. The lowest BCUT2D eigenvalue weighted by Crippen LogP contribution is -2.28. The summed E-state index contributed by atoms with van der Waals surface area (Å²) in [5.74, 6) is 0.542. The summed E-state index contributed by atoms with van der Waals surface area (Å²) in [5, 5.41) is 3.31. The average Bonchev–Trinajstić information content (AvgIpc) is 2.31. The molecule has 16 heavy (non-hydrogen) atoms. The lowest BCUT2D eigenvalue weighted by molar-refractivity contribution is 0.240. The van der Waals surface area contributed by atoms with Gasteiger partial charge in [-0.2, -0.15) is 0 Å². The number of hydrogen-bond donors (Lipinski definition) is 1. The van der Waals surface area contributed by atoms with E-state index in [4.69, 9.17) is 0 Å². The van der Waals surface area contributed by atoms with Gasteiger partial charge in [0.2, 0.25) is 0 Å². The molecule has 0 aromatic heterocycles. The molecule has 1 unspecified atom stereocenters. The van der Waals surface area contributed by atoms with Gasteiger partial charge in [0.15, 0.2) is 0 Å². The van der Waals surface area contributed by atoms with Gasteiger partial charge in [0.1, 0.15) is 6.17 Å². The first-order valence-corrected chi connectivity index (χ1v) is 6.65. The molecule has 2 rings (SSSR count). The zero-order valence-electron chi connectivity index (χ0n) is 9.26. The summed E-state index contributed by atoms with van der Waals surface area (Å²) >= 11 is 3.36. The third kappa shape index (κ3) is 3.29. The maximum absolute atomic E-state index is 14.0. The van der Waals surface area contributed by atoms with E-state index in [1.54, 1.807) is 0 Å². The predicted octanol–water partition coefficient (Wildman–Crippen LogP) is 3.85. The van der Waals surface area contributed by atoms with Crippen LogP contribution in [0, 0.1) is 5.92 Å². The summed E-state index contributed by atoms with van der Waals surface area (Å²) in [5.41, 5.74) is 0.807. The Balaban J connectivity index is 1.91. The molecular formula is C13H17BrFN. The highest BCUT2D eigenvalue weighted by Gasteiger charge is 2.19. The van der Waals surface area contributed by atoms with Gasteiger partial charge in [-0.1, -0.05) is 28.1 Å². The standard InChI is InChI=1S/C13H17BrFN/c14-12-3-1-11(2-4-12)13(15)9-10-5-7-16-8-6-10/h1-4,10,13,16H,5-9H2. The van der Waals surface area contributed by atoms with Gasteiger partial charge in [-0.3, -0.25) is 0 Å². The van der Waals surface area contributed by atoms with Gasteiger partial charge in [0, 0.05) is 4.47 Å². The Kier molecular flexibility index (Phi) is 4.36. The zero-order valence-corrected chi connectivity index (χ0v) is 10.8. The molecule has 88 valence electrons. The van der Waals surface area contributed by atoms with E-state index < -0.39 is 6.17 Å². The molecule has 0 radical (unpaired) electrons. The third-order valence-electron chi connectivity index (χ3n) is 3.23. The van der Waals surface area contributed by atoms with Crippen LogP contribution in [0.5, 0.6) is 0 Å². The highest BCUT2D eigenvalue weighted by atomic mass is 79.9. The maximum Gasteiger partial charge on any atom is 0.125 e. The van der Waals surface area contributed by atoms with Crippen molar-refractivity contribution < 1.29 is 4.39 Å². The number of nitrogens with one attached hydrogen (secondary N) is 1. The summed E-state index contributed by atoms with van der Waals surface area (Å²) in [4.78, 5) is 0. The Bertz CT molecular complexity index is 319. The van der Waals surface area contributed by atoms with Crippen LogP contribution >= 0.6 is 15.9 Å². The van der Waals surface area contributed by atoms with E-state index in [-0.39, 0.29) is 0 Å². The molecule has 0 amide bonds. The van der Waals surface area contributed by atoms with Crippen LogP contribution in [-0.4, -0.2) is 13.1 Å². The van der Waals surface area contributed by atoms with Crippen LogP contribution in [0.25, 0.3) is 0 Å². The minimum absolute atomic E-state index is 0.542. The van der Waals surface area contributed by atoms with Crippen molar-refractivity contribution in [3.8, 4) is 0 Å². The second-order valence-corrected chi connectivity index (χ2v) is 5.36. The summed E-state index contributed by atoms with van der Waals surface area (Å²) in [6, 6.07) is 7.56. The highest BCUT2D eigenvalue weighted by molar-refractivity contribution is 9.10. The van der Waals surface area contributed by atoms with Crippen molar-refractivity contribution in [2.75, 3.05) is 13.1 Å². The number of alkyl halides is 1. The van der Waals surface area contributed by atoms with Crippen LogP contribution in [0.1, 0.15) is 31.0 Å². The largest absolute Gasteiger partial charge is 0.317 e. The first-order valence-electron chi connectivity index (χ1n) is 5.86. The van der Waals surface area contributed by atoms with Gasteiger partial charge in [0.05, 0.1) is 0 Å². The van der Waals surface area contributed by atoms with E-state index in [9.17, 15) is 4.39 Å². The zero-order chi connectivity index (χ0) is 11.4. The molecule has 0 saturated carbocycles. The molecule has 1 aliphatic rings.